The second kappa shape index (κ2) is 7.89. The van der Waals surface area contributed by atoms with Crippen molar-refractivity contribution < 1.29 is 19.4 Å². The number of rotatable bonds is 6. The molecule has 3 aromatic rings. The summed E-state index contributed by atoms with van der Waals surface area (Å²) < 4.78 is 12.2. The van der Waals surface area contributed by atoms with Gasteiger partial charge in [-0.15, -0.1) is 0 Å². The fourth-order valence-electron chi connectivity index (χ4n) is 2.95. The van der Waals surface area contributed by atoms with Crippen LogP contribution in [0.4, 0.5) is 5.13 Å². The average Bonchev–Trinajstić information content (AvgIpc) is 3.09. The highest BCUT2D eigenvalue weighted by Gasteiger charge is 2.14. The Morgan fingerprint density at radius 3 is 2.89 bits per heavy atom. The summed E-state index contributed by atoms with van der Waals surface area (Å²) in [6.45, 7) is 2.58. The lowest BCUT2D eigenvalue weighted by Gasteiger charge is -2.21. The molecule has 1 aromatic carbocycles. The molecule has 0 unspecified atom stereocenters. The number of carbonyl (C=O) groups is 1. The molecule has 0 amide bonds. The number of anilines is 1. The molecular weight excluding hydrogens is 366 g/mol. The molecule has 1 aliphatic rings. The van der Waals surface area contributed by atoms with Crippen molar-refractivity contribution in [1.82, 2.24) is 9.97 Å². The third-order valence-electron chi connectivity index (χ3n) is 4.43. The molecule has 3 heterocycles. The van der Waals surface area contributed by atoms with Crippen molar-refractivity contribution in [2.45, 2.75) is 12.8 Å². The standard InChI is InChI=1S/C19H19N3O4S/c23-18(24)16-9-14(3-6-20-16)26-13-1-2-15-17(10-13)27-19(22-15)21-11-12-4-7-25-8-5-12/h1-3,6,9-10,12H,4-5,7-8,11H2,(H,21,22)(H,23,24). The molecule has 0 radical (unpaired) electrons. The van der Waals surface area contributed by atoms with Gasteiger partial charge in [-0.3, -0.25) is 0 Å². The monoisotopic (exact) mass is 385 g/mol. The first kappa shape index (κ1) is 17.7. The first-order valence-electron chi connectivity index (χ1n) is 8.77. The van der Waals surface area contributed by atoms with Crippen LogP contribution in [0.3, 0.4) is 0 Å². The van der Waals surface area contributed by atoms with Gasteiger partial charge in [0, 0.05) is 38.1 Å². The number of hydrogen-bond donors (Lipinski definition) is 2. The smallest absolute Gasteiger partial charge is 0.354 e. The van der Waals surface area contributed by atoms with Gasteiger partial charge in [-0.1, -0.05) is 11.3 Å². The molecule has 1 aliphatic heterocycles. The number of pyridine rings is 1. The van der Waals surface area contributed by atoms with Crippen LogP contribution in [0.15, 0.2) is 36.5 Å². The summed E-state index contributed by atoms with van der Waals surface area (Å²) in [6.07, 6.45) is 3.59. The van der Waals surface area contributed by atoms with E-state index in [0.29, 0.717) is 17.4 Å². The molecule has 7 nitrogen and oxygen atoms in total. The minimum Gasteiger partial charge on any atom is -0.477 e. The van der Waals surface area contributed by atoms with E-state index in [1.54, 1.807) is 17.4 Å². The zero-order valence-corrected chi connectivity index (χ0v) is 15.4. The summed E-state index contributed by atoms with van der Waals surface area (Å²) >= 11 is 1.58. The number of nitrogens with one attached hydrogen (secondary N) is 1. The van der Waals surface area contributed by atoms with Crippen LogP contribution in [0.25, 0.3) is 10.2 Å². The second-order valence-electron chi connectivity index (χ2n) is 6.37. The zero-order chi connectivity index (χ0) is 18.6. The van der Waals surface area contributed by atoms with Crippen molar-refractivity contribution >= 4 is 32.7 Å². The summed E-state index contributed by atoms with van der Waals surface area (Å²) in [7, 11) is 0. The van der Waals surface area contributed by atoms with Crippen LogP contribution in [-0.2, 0) is 4.74 Å². The summed E-state index contributed by atoms with van der Waals surface area (Å²) in [5, 5.41) is 13.4. The number of thiazole rings is 1. The van der Waals surface area contributed by atoms with Crippen molar-refractivity contribution in [3.63, 3.8) is 0 Å². The molecule has 0 atom stereocenters. The minimum atomic E-state index is -1.08. The van der Waals surface area contributed by atoms with Crippen LogP contribution in [0, 0.1) is 5.92 Å². The summed E-state index contributed by atoms with van der Waals surface area (Å²) in [4.78, 5) is 19.4. The van der Waals surface area contributed by atoms with Crippen LogP contribution < -0.4 is 10.1 Å². The Morgan fingerprint density at radius 1 is 1.26 bits per heavy atom. The maximum Gasteiger partial charge on any atom is 0.354 e. The fourth-order valence-corrected chi connectivity index (χ4v) is 3.86. The number of aromatic nitrogens is 2. The Labute approximate surface area is 160 Å². The van der Waals surface area contributed by atoms with Gasteiger partial charge < -0.3 is 19.9 Å². The van der Waals surface area contributed by atoms with Crippen LogP contribution in [0.5, 0.6) is 11.5 Å². The molecule has 1 saturated heterocycles. The number of benzene rings is 1. The van der Waals surface area contributed by atoms with Crippen LogP contribution in [0.2, 0.25) is 0 Å². The first-order chi connectivity index (χ1) is 13.2. The number of ether oxygens (including phenoxy) is 2. The van der Waals surface area contributed by atoms with Crippen LogP contribution in [-0.4, -0.2) is 40.8 Å². The summed E-state index contributed by atoms with van der Waals surface area (Å²) in [6, 6.07) is 8.67. The third kappa shape index (κ3) is 4.35. The predicted molar refractivity (Wildman–Crippen MR) is 103 cm³/mol. The fraction of sp³-hybridized carbons (Fsp3) is 0.316. The molecule has 4 rings (SSSR count). The molecular formula is C19H19N3O4S. The molecule has 27 heavy (non-hydrogen) atoms. The van der Waals surface area contributed by atoms with Gasteiger partial charge in [0.25, 0.3) is 0 Å². The second-order valence-corrected chi connectivity index (χ2v) is 7.40. The molecule has 2 N–H and O–H groups in total. The number of nitrogens with zero attached hydrogens (tertiary/aromatic N) is 2. The Morgan fingerprint density at radius 2 is 2.07 bits per heavy atom. The third-order valence-corrected chi connectivity index (χ3v) is 5.40. The van der Waals surface area contributed by atoms with E-state index in [0.717, 1.165) is 47.9 Å². The number of fused-ring (bicyclic) bond motifs is 1. The van der Waals surface area contributed by atoms with E-state index in [-0.39, 0.29) is 5.69 Å². The topological polar surface area (TPSA) is 93.6 Å². The highest BCUT2D eigenvalue weighted by atomic mass is 32.1. The lowest BCUT2D eigenvalue weighted by atomic mass is 10.0. The van der Waals surface area contributed by atoms with Gasteiger partial charge in [-0.25, -0.2) is 14.8 Å². The largest absolute Gasteiger partial charge is 0.477 e. The van der Waals surface area contributed by atoms with Crippen molar-refractivity contribution in [2.75, 3.05) is 25.1 Å². The Bertz CT molecular complexity index is 953. The van der Waals surface area contributed by atoms with E-state index in [4.69, 9.17) is 14.6 Å². The van der Waals surface area contributed by atoms with Gasteiger partial charge in [-0.2, -0.15) is 0 Å². The molecule has 1 fully saturated rings. The van der Waals surface area contributed by atoms with Crippen molar-refractivity contribution in [1.29, 1.82) is 0 Å². The lowest BCUT2D eigenvalue weighted by Crippen LogP contribution is -2.22. The average molecular weight is 385 g/mol. The number of aromatic carboxylic acids is 1. The van der Waals surface area contributed by atoms with E-state index in [1.807, 2.05) is 18.2 Å². The minimum absolute atomic E-state index is 0.0500. The molecule has 2 aromatic heterocycles. The maximum atomic E-state index is 11.0. The van der Waals surface area contributed by atoms with Crippen LogP contribution in [0.1, 0.15) is 23.3 Å². The van der Waals surface area contributed by atoms with Crippen molar-refractivity contribution in [3.05, 3.63) is 42.2 Å². The van der Waals surface area contributed by atoms with Crippen molar-refractivity contribution in [2.24, 2.45) is 5.92 Å². The van der Waals surface area contributed by atoms with E-state index in [1.165, 1.54) is 12.3 Å². The SMILES string of the molecule is O=C(O)c1cc(Oc2ccc3nc(NCC4CCOCC4)sc3c2)ccn1. The molecule has 8 heteroatoms. The maximum absolute atomic E-state index is 11.0. The number of carboxylic acid groups (broad SMARTS) is 1. The highest BCUT2D eigenvalue weighted by molar-refractivity contribution is 7.22. The normalized spacial score (nSPS) is 15.0. The van der Waals surface area contributed by atoms with Crippen LogP contribution >= 0.6 is 11.3 Å². The lowest BCUT2D eigenvalue weighted by molar-refractivity contribution is 0.0689. The van der Waals surface area contributed by atoms with Gasteiger partial charge in [-0.05, 0) is 37.0 Å². The molecule has 0 spiro atoms. The Balaban J connectivity index is 1.45. The van der Waals surface area contributed by atoms with E-state index < -0.39 is 5.97 Å². The number of carboxylic acids is 1. The van der Waals surface area contributed by atoms with Gasteiger partial charge >= 0.3 is 5.97 Å². The van der Waals surface area contributed by atoms with Gasteiger partial charge in [0.15, 0.2) is 10.8 Å². The molecule has 0 aliphatic carbocycles. The first-order valence-corrected chi connectivity index (χ1v) is 9.58. The van der Waals surface area contributed by atoms with E-state index in [9.17, 15) is 4.79 Å². The van der Waals surface area contributed by atoms with E-state index >= 15 is 0 Å². The van der Waals surface area contributed by atoms with Gasteiger partial charge in [0.05, 0.1) is 10.2 Å². The Kier molecular flexibility index (Phi) is 5.17. The molecule has 140 valence electrons. The van der Waals surface area contributed by atoms with E-state index in [2.05, 4.69) is 15.3 Å². The summed E-state index contributed by atoms with van der Waals surface area (Å²) in [5.41, 5.74) is 0.855. The number of hydrogen-bond acceptors (Lipinski definition) is 7. The predicted octanol–water partition coefficient (Wildman–Crippen LogP) is 4.02. The molecule has 0 bridgehead atoms. The summed E-state index contributed by atoms with van der Waals surface area (Å²) in [5.74, 6) is 0.604. The Hall–Kier alpha value is -2.71. The quantitative estimate of drug-likeness (QED) is 0.662. The molecule has 0 saturated carbocycles. The highest BCUT2D eigenvalue weighted by Crippen LogP contribution is 2.31. The zero-order valence-electron chi connectivity index (χ0n) is 14.6. The van der Waals surface area contributed by atoms with Gasteiger partial charge in [0.1, 0.15) is 11.5 Å². The van der Waals surface area contributed by atoms with Crippen molar-refractivity contribution in [3.8, 4) is 11.5 Å². The van der Waals surface area contributed by atoms with Gasteiger partial charge in [0.2, 0.25) is 0 Å².